The summed E-state index contributed by atoms with van der Waals surface area (Å²) in [6, 6.07) is 8.13. The monoisotopic (exact) mass is 302 g/mol. The van der Waals surface area contributed by atoms with E-state index in [1.807, 2.05) is 24.3 Å². The van der Waals surface area contributed by atoms with E-state index in [0.717, 1.165) is 49.5 Å². The molecule has 4 nitrogen and oxygen atoms in total. The number of ether oxygens (including phenoxy) is 1. The third kappa shape index (κ3) is 4.55. The van der Waals surface area contributed by atoms with E-state index >= 15 is 0 Å². The average Bonchev–Trinajstić information content (AvgIpc) is 3.32. The van der Waals surface area contributed by atoms with E-state index in [-0.39, 0.29) is 17.9 Å². The predicted molar refractivity (Wildman–Crippen MR) is 87.4 cm³/mol. The van der Waals surface area contributed by atoms with Gasteiger partial charge in [0.1, 0.15) is 0 Å². The van der Waals surface area contributed by atoms with E-state index in [4.69, 9.17) is 10.5 Å². The molecule has 2 fully saturated rings. The molecule has 0 heterocycles. The van der Waals surface area contributed by atoms with Crippen molar-refractivity contribution >= 4 is 11.6 Å². The molecule has 2 unspecified atom stereocenters. The molecule has 0 spiro atoms. The van der Waals surface area contributed by atoms with E-state index in [2.05, 4.69) is 5.32 Å². The molecular weight excluding hydrogens is 276 g/mol. The summed E-state index contributed by atoms with van der Waals surface area (Å²) in [4.78, 5) is 12.3. The highest BCUT2D eigenvalue weighted by molar-refractivity contribution is 5.92. The van der Waals surface area contributed by atoms with Crippen molar-refractivity contribution in [2.45, 2.75) is 51.2 Å². The largest absolute Gasteiger partial charge is 0.376 e. The summed E-state index contributed by atoms with van der Waals surface area (Å²) in [5.41, 5.74) is 7.94. The minimum atomic E-state index is 0.0542. The van der Waals surface area contributed by atoms with Gasteiger partial charge < -0.3 is 15.8 Å². The molecule has 0 radical (unpaired) electrons. The zero-order valence-electron chi connectivity index (χ0n) is 13.1. The fourth-order valence-electron chi connectivity index (χ4n) is 3.08. The van der Waals surface area contributed by atoms with Crippen molar-refractivity contribution in [3.63, 3.8) is 0 Å². The summed E-state index contributed by atoms with van der Waals surface area (Å²) in [7, 11) is 0. The van der Waals surface area contributed by atoms with Crippen LogP contribution >= 0.6 is 0 Å². The number of carbonyl (C=O) groups is 1. The molecule has 1 aromatic rings. The Balaban J connectivity index is 1.51. The summed E-state index contributed by atoms with van der Waals surface area (Å²) < 4.78 is 5.70. The molecule has 3 rings (SSSR count). The Morgan fingerprint density at radius 2 is 2.14 bits per heavy atom. The van der Waals surface area contributed by atoms with Crippen LogP contribution in [0.2, 0.25) is 0 Å². The predicted octanol–water partition coefficient (Wildman–Crippen LogP) is 3.07. The number of hydrogen-bond acceptors (Lipinski definition) is 3. The second kappa shape index (κ2) is 7.25. The van der Waals surface area contributed by atoms with Gasteiger partial charge in [-0.3, -0.25) is 4.79 Å². The summed E-state index contributed by atoms with van der Waals surface area (Å²) in [5, 5.41) is 3.03. The quantitative estimate of drug-likeness (QED) is 0.849. The highest BCUT2D eigenvalue weighted by Gasteiger charge is 2.25. The first-order valence-corrected chi connectivity index (χ1v) is 8.44. The van der Waals surface area contributed by atoms with Gasteiger partial charge in [0.25, 0.3) is 0 Å². The maximum Gasteiger partial charge on any atom is 0.227 e. The first kappa shape index (κ1) is 15.5. The van der Waals surface area contributed by atoms with Gasteiger partial charge in [-0.1, -0.05) is 18.6 Å². The number of benzene rings is 1. The van der Waals surface area contributed by atoms with Gasteiger partial charge in [-0.15, -0.1) is 0 Å². The first-order valence-electron chi connectivity index (χ1n) is 8.44. The lowest BCUT2D eigenvalue weighted by atomic mass is 9.85. The third-order valence-corrected chi connectivity index (χ3v) is 4.60. The molecule has 2 aliphatic rings. The van der Waals surface area contributed by atoms with Crippen LogP contribution < -0.4 is 11.1 Å². The molecule has 120 valence electrons. The minimum absolute atomic E-state index is 0.0542. The number of amides is 1. The summed E-state index contributed by atoms with van der Waals surface area (Å²) >= 11 is 0. The van der Waals surface area contributed by atoms with E-state index in [9.17, 15) is 4.79 Å². The van der Waals surface area contributed by atoms with Gasteiger partial charge in [-0.05, 0) is 55.7 Å². The van der Waals surface area contributed by atoms with Gasteiger partial charge in [-0.25, -0.2) is 0 Å². The van der Waals surface area contributed by atoms with Crippen molar-refractivity contribution in [2.24, 2.45) is 17.6 Å². The van der Waals surface area contributed by atoms with Crippen LogP contribution in [0.1, 0.15) is 44.1 Å². The Bertz CT molecular complexity index is 514. The molecule has 0 aromatic heterocycles. The third-order valence-electron chi connectivity index (χ3n) is 4.60. The second-order valence-electron chi connectivity index (χ2n) is 6.77. The number of nitrogens with two attached hydrogens (primary N) is 1. The van der Waals surface area contributed by atoms with Crippen molar-refractivity contribution in [3.8, 4) is 0 Å². The lowest BCUT2D eigenvalue weighted by molar-refractivity contribution is -0.120. The average molecular weight is 302 g/mol. The Labute approximate surface area is 132 Å². The van der Waals surface area contributed by atoms with Crippen LogP contribution in [-0.2, 0) is 16.1 Å². The molecule has 22 heavy (non-hydrogen) atoms. The van der Waals surface area contributed by atoms with Gasteiger partial charge in [0, 0.05) is 24.3 Å². The Hall–Kier alpha value is -1.39. The lowest BCUT2D eigenvalue weighted by Gasteiger charge is -2.25. The smallest absolute Gasteiger partial charge is 0.227 e. The number of hydrogen-bond donors (Lipinski definition) is 2. The normalized spacial score (nSPS) is 25.0. The topological polar surface area (TPSA) is 64.4 Å². The van der Waals surface area contributed by atoms with Gasteiger partial charge in [0.15, 0.2) is 0 Å². The molecular formula is C18H26N2O2. The maximum absolute atomic E-state index is 12.3. The van der Waals surface area contributed by atoms with Crippen molar-refractivity contribution in [1.29, 1.82) is 0 Å². The van der Waals surface area contributed by atoms with Crippen molar-refractivity contribution in [2.75, 3.05) is 11.9 Å². The highest BCUT2D eigenvalue weighted by atomic mass is 16.5. The molecule has 1 amide bonds. The van der Waals surface area contributed by atoms with Crippen LogP contribution in [0.15, 0.2) is 24.3 Å². The molecule has 0 aliphatic heterocycles. The molecule has 2 atom stereocenters. The van der Waals surface area contributed by atoms with Gasteiger partial charge in [-0.2, -0.15) is 0 Å². The van der Waals surface area contributed by atoms with Gasteiger partial charge in [0.2, 0.25) is 5.91 Å². The molecule has 2 saturated carbocycles. The number of rotatable bonds is 6. The van der Waals surface area contributed by atoms with Crippen LogP contribution in [0.25, 0.3) is 0 Å². The zero-order chi connectivity index (χ0) is 15.4. The summed E-state index contributed by atoms with van der Waals surface area (Å²) in [6.45, 7) is 1.48. The molecule has 3 N–H and O–H groups in total. The zero-order valence-corrected chi connectivity index (χ0v) is 13.1. The summed E-state index contributed by atoms with van der Waals surface area (Å²) in [6.07, 6.45) is 6.45. The van der Waals surface area contributed by atoms with E-state index in [0.29, 0.717) is 6.61 Å². The van der Waals surface area contributed by atoms with Crippen LogP contribution in [0.4, 0.5) is 5.69 Å². The van der Waals surface area contributed by atoms with E-state index in [1.165, 1.54) is 12.8 Å². The van der Waals surface area contributed by atoms with Gasteiger partial charge in [0.05, 0.1) is 6.61 Å². The van der Waals surface area contributed by atoms with Crippen LogP contribution in [-0.4, -0.2) is 18.6 Å². The minimum Gasteiger partial charge on any atom is -0.376 e. The first-order chi connectivity index (χ1) is 10.7. The van der Waals surface area contributed by atoms with E-state index in [1.54, 1.807) is 0 Å². The standard InChI is InChI=1S/C18H26N2O2/c19-16-5-2-4-15(10-16)18(21)20-17-6-1-3-14(9-17)12-22-11-13-7-8-13/h1,3,6,9,13,15-16H,2,4-5,7-8,10-12,19H2,(H,20,21). The van der Waals surface area contributed by atoms with Crippen molar-refractivity contribution in [1.82, 2.24) is 0 Å². The van der Waals surface area contributed by atoms with Gasteiger partial charge >= 0.3 is 0 Å². The van der Waals surface area contributed by atoms with Crippen molar-refractivity contribution < 1.29 is 9.53 Å². The van der Waals surface area contributed by atoms with E-state index < -0.39 is 0 Å². The fraction of sp³-hybridized carbons (Fsp3) is 0.611. The molecule has 4 heteroatoms. The molecule has 2 aliphatic carbocycles. The Kier molecular flexibility index (Phi) is 5.11. The highest BCUT2D eigenvalue weighted by Crippen LogP contribution is 2.29. The van der Waals surface area contributed by atoms with Crippen LogP contribution in [0.5, 0.6) is 0 Å². The SMILES string of the molecule is NC1CCCC(C(=O)Nc2cccc(COCC3CC3)c2)C1. The number of nitrogens with one attached hydrogen (secondary N) is 1. The van der Waals surface area contributed by atoms with Crippen LogP contribution in [0.3, 0.4) is 0 Å². The summed E-state index contributed by atoms with van der Waals surface area (Å²) in [5.74, 6) is 0.933. The molecule has 0 saturated heterocycles. The Morgan fingerprint density at radius 1 is 1.27 bits per heavy atom. The fourth-order valence-corrected chi connectivity index (χ4v) is 3.08. The molecule has 0 bridgehead atoms. The molecule has 1 aromatic carbocycles. The number of carbonyl (C=O) groups excluding carboxylic acids is 1. The lowest BCUT2D eigenvalue weighted by Crippen LogP contribution is -2.34. The maximum atomic E-state index is 12.3. The Morgan fingerprint density at radius 3 is 2.91 bits per heavy atom. The number of anilines is 1. The van der Waals surface area contributed by atoms with Crippen LogP contribution in [0, 0.1) is 11.8 Å². The van der Waals surface area contributed by atoms with Crippen molar-refractivity contribution in [3.05, 3.63) is 29.8 Å². The second-order valence-corrected chi connectivity index (χ2v) is 6.77.